The molecule has 0 aliphatic rings. The monoisotopic (exact) mass is 456 g/mol. The number of pyridine rings is 1. The summed E-state index contributed by atoms with van der Waals surface area (Å²) in [4.78, 5) is 21.3. The Morgan fingerprint density at radius 1 is 1.03 bits per heavy atom. The van der Waals surface area contributed by atoms with E-state index in [-0.39, 0.29) is 23.8 Å². The van der Waals surface area contributed by atoms with E-state index < -0.39 is 11.7 Å². The van der Waals surface area contributed by atoms with Gasteiger partial charge in [0.1, 0.15) is 17.2 Å². The summed E-state index contributed by atoms with van der Waals surface area (Å²) in [6.07, 6.45) is -1.79. The Morgan fingerprint density at radius 2 is 1.82 bits per heavy atom. The topological polar surface area (TPSA) is 59.8 Å². The zero-order chi connectivity index (χ0) is 23.4. The SMILES string of the molecule is O=C(CCCc1nc2cccnc2n1Cc1ccc(F)cc1)Nc1cccc(C(F)(F)F)c1. The average molecular weight is 456 g/mol. The predicted molar refractivity (Wildman–Crippen MR) is 116 cm³/mol. The third-order valence-electron chi connectivity index (χ3n) is 5.11. The number of nitrogens with zero attached hydrogens (tertiary/aromatic N) is 3. The van der Waals surface area contributed by atoms with Gasteiger partial charge in [-0.05, 0) is 54.4 Å². The fourth-order valence-electron chi connectivity index (χ4n) is 3.54. The molecule has 2 aromatic carbocycles. The first-order valence-electron chi connectivity index (χ1n) is 10.3. The number of fused-ring (bicyclic) bond motifs is 1. The smallest absolute Gasteiger partial charge is 0.326 e. The summed E-state index contributed by atoms with van der Waals surface area (Å²) in [5, 5.41) is 2.51. The quantitative estimate of drug-likeness (QED) is 0.369. The third kappa shape index (κ3) is 5.54. The van der Waals surface area contributed by atoms with Crippen molar-refractivity contribution in [3.63, 3.8) is 0 Å². The third-order valence-corrected chi connectivity index (χ3v) is 5.11. The second-order valence-corrected chi connectivity index (χ2v) is 7.57. The van der Waals surface area contributed by atoms with E-state index in [0.717, 1.165) is 23.5 Å². The van der Waals surface area contributed by atoms with Gasteiger partial charge in [0.05, 0.1) is 12.1 Å². The summed E-state index contributed by atoms with van der Waals surface area (Å²) in [5.41, 5.74) is 1.56. The van der Waals surface area contributed by atoms with Crippen LogP contribution < -0.4 is 5.32 Å². The number of amides is 1. The number of carbonyl (C=O) groups is 1. The molecule has 4 rings (SSSR count). The molecule has 5 nitrogen and oxygen atoms in total. The number of halogens is 4. The minimum atomic E-state index is -4.47. The van der Waals surface area contributed by atoms with Crippen LogP contribution in [0.5, 0.6) is 0 Å². The van der Waals surface area contributed by atoms with Crippen molar-refractivity contribution in [3.05, 3.63) is 89.6 Å². The van der Waals surface area contributed by atoms with E-state index in [1.165, 1.54) is 24.3 Å². The van der Waals surface area contributed by atoms with Crippen LogP contribution in [-0.4, -0.2) is 20.4 Å². The van der Waals surface area contributed by atoms with Crippen LogP contribution >= 0.6 is 0 Å². The van der Waals surface area contributed by atoms with Crippen molar-refractivity contribution in [2.24, 2.45) is 0 Å². The molecular weight excluding hydrogens is 436 g/mol. The van der Waals surface area contributed by atoms with Crippen molar-refractivity contribution in [2.45, 2.75) is 32.0 Å². The molecule has 1 amide bonds. The predicted octanol–water partition coefficient (Wildman–Crippen LogP) is 5.60. The molecule has 0 aliphatic heterocycles. The Hall–Kier alpha value is -3.75. The zero-order valence-corrected chi connectivity index (χ0v) is 17.4. The highest BCUT2D eigenvalue weighted by molar-refractivity contribution is 5.90. The average Bonchev–Trinajstić information content (AvgIpc) is 3.12. The Labute approximate surface area is 187 Å². The fourth-order valence-corrected chi connectivity index (χ4v) is 3.54. The molecule has 2 aromatic heterocycles. The lowest BCUT2D eigenvalue weighted by molar-refractivity contribution is -0.137. The Kier molecular flexibility index (Phi) is 6.39. The maximum atomic E-state index is 13.3. The van der Waals surface area contributed by atoms with Crippen LogP contribution in [-0.2, 0) is 23.9 Å². The van der Waals surface area contributed by atoms with Crippen LogP contribution in [0.1, 0.15) is 29.8 Å². The zero-order valence-electron chi connectivity index (χ0n) is 17.4. The van der Waals surface area contributed by atoms with Gasteiger partial charge in [0.15, 0.2) is 5.65 Å². The van der Waals surface area contributed by atoms with E-state index in [1.807, 2.05) is 10.6 Å². The van der Waals surface area contributed by atoms with Crippen LogP contribution in [0, 0.1) is 5.82 Å². The molecule has 2 heterocycles. The van der Waals surface area contributed by atoms with E-state index in [2.05, 4.69) is 15.3 Å². The molecule has 0 spiro atoms. The number of nitrogens with one attached hydrogen (secondary N) is 1. The lowest BCUT2D eigenvalue weighted by Gasteiger charge is -2.11. The van der Waals surface area contributed by atoms with Gasteiger partial charge in [0, 0.05) is 24.7 Å². The summed E-state index contributed by atoms with van der Waals surface area (Å²) in [6.45, 7) is 0.444. The molecule has 0 bridgehead atoms. The van der Waals surface area contributed by atoms with Gasteiger partial charge >= 0.3 is 6.18 Å². The Balaban J connectivity index is 1.43. The molecule has 0 fully saturated rings. The van der Waals surface area contributed by atoms with Gasteiger partial charge in [-0.3, -0.25) is 4.79 Å². The lowest BCUT2D eigenvalue weighted by atomic mass is 10.1. The number of aromatic nitrogens is 3. The fraction of sp³-hybridized carbons (Fsp3) is 0.208. The number of alkyl halides is 3. The summed E-state index contributed by atoms with van der Waals surface area (Å²) >= 11 is 0. The summed E-state index contributed by atoms with van der Waals surface area (Å²) in [5.74, 6) is 0.0212. The van der Waals surface area contributed by atoms with Crippen molar-refractivity contribution in [3.8, 4) is 0 Å². The number of rotatable bonds is 7. The molecule has 0 radical (unpaired) electrons. The normalized spacial score (nSPS) is 11.6. The first-order valence-corrected chi connectivity index (χ1v) is 10.3. The van der Waals surface area contributed by atoms with Gasteiger partial charge in [-0.25, -0.2) is 14.4 Å². The Morgan fingerprint density at radius 3 is 2.58 bits per heavy atom. The van der Waals surface area contributed by atoms with E-state index in [9.17, 15) is 22.4 Å². The van der Waals surface area contributed by atoms with Gasteiger partial charge < -0.3 is 9.88 Å². The summed E-state index contributed by atoms with van der Waals surface area (Å²) in [7, 11) is 0. The second-order valence-electron chi connectivity index (χ2n) is 7.57. The second kappa shape index (κ2) is 9.40. The van der Waals surface area contributed by atoms with E-state index in [0.29, 0.717) is 30.6 Å². The van der Waals surface area contributed by atoms with Crippen LogP contribution in [0.3, 0.4) is 0 Å². The van der Waals surface area contributed by atoms with Gasteiger partial charge in [-0.1, -0.05) is 18.2 Å². The van der Waals surface area contributed by atoms with Crippen LogP contribution in [0.4, 0.5) is 23.2 Å². The molecule has 1 N–H and O–H groups in total. The maximum absolute atomic E-state index is 13.3. The number of hydrogen-bond donors (Lipinski definition) is 1. The number of benzene rings is 2. The minimum Gasteiger partial charge on any atom is -0.326 e. The van der Waals surface area contributed by atoms with Crippen LogP contribution in [0.25, 0.3) is 11.2 Å². The molecule has 4 aromatic rings. The maximum Gasteiger partial charge on any atom is 0.416 e. The van der Waals surface area contributed by atoms with Crippen molar-refractivity contribution in [1.29, 1.82) is 0 Å². The van der Waals surface area contributed by atoms with Gasteiger partial charge in [-0.2, -0.15) is 13.2 Å². The van der Waals surface area contributed by atoms with Crippen molar-refractivity contribution < 1.29 is 22.4 Å². The Bertz CT molecular complexity index is 1270. The van der Waals surface area contributed by atoms with Crippen LogP contribution in [0.2, 0.25) is 0 Å². The molecule has 9 heteroatoms. The summed E-state index contributed by atoms with van der Waals surface area (Å²) in [6, 6.07) is 14.3. The minimum absolute atomic E-state index is 0.0996. The van der Waals surface area contributed by atoms with E-state index >= 15 is 0 Å². The first-order chi connectivity index (χ1) is 15.8. The molecular formula is C24H20F4N4O. The molecule has 0 aliphatic carbocycles. The van der Waals surface area contributed by atoms with Crippen LogP contribution in [0.15, 0.2) is 66.9 Å². The molecule has 170 valence electrons. The van der Waals surface area contributed by atoms with E-state index in [4.69, 9.17) is 0 Å². The van der Waals surface area contributed by atoms with Crippen molar-refractivity contribution in [2.75, 3.05) is 5.32 Å². The van der Waals surface area contributed by atoms with Crippen molar-refractivity contribution in [1.82, 2.24) is 14.5 Å². The first kappa shape index (κ1) is 22.4. The number of imidazole rings is 1. The van der Waals surface area contributed by atoms with Crippen molar-refractivity contribution >= 4 is 22.8 Å². The number of anilines is 1. The lowest BCUT2D eigenvalue weighted by Crippen LogP contribution is -2.13. The number of aryl methyl sites for hydroxylation is 1. The molecule has 0 atom stereocenters. The number of carbonyl (C=O) groups excluding carboxylic acids is 1. The summed E-state index contributed by atoms with van der Waals surface area (Å²) < 4.78 is 53.7. The molecule has 0 saturated heterocycles. The largest absolute Gasteiger partial charge is 0.416 e. The van der Waals surface area contributed by atoms with E-state index in [1.54, 1.807) is 24.4 Å². The van der Waals surface area contributed by atoms with Gasteiger partial charge in [0.25, 0.3) is 0 Å². The molecule has 0 saturated carbocycles. The highest BCUT2D eigenvalue weighted by Gasteiger charge is 2.30. The molecule has 33 heavy (non-hydrogen) atoms. The van der Waals surface area contributed by atoms with Gasteiger partial charge in [-0.15, -0.1) is 0 Å². The highest BCUT2D eigenvalue weighted by atomic mass is 19.4. The number of hydrogen-bond acceptors (Lipinski definition) is 3. The standard InChI is InChI=1S/C24H20F4N4O/c25-18-11-9-16(10-12-18)15-32-21(31-20-6-3-13-29-23(20)32)7-2-8-22(33)30-19-5-1-4-17(14-19)24(26,27)28/h1,3-6,9-14H,2,7-8,15H2,(H,30,33). The molecule has 0 unspecified atom stereocenters. The highest BCUT2D eigenvalue weighted by Crippen LogP contribution is 2.30. The van der Waals surface area contributed by atoms with Gasteiger partial charge in [0.2, 0.25) is 5.91 Å².